The summed E-state index contributed by atoms with van der Waals surface area (Å²) in [5, 5.41) is 2.56. The highest BCUT2D eigenvalue weighted by Crippen LogP contribution is 2.37. The van der Waals surface area contributed by atoms with Crippen molar-refractivity contribution in [1.29, 1.82) is 0 Å². The molecule has 0 aliphatic carbocycles. The van der Waals surface area contributed by atoms with E-state index in [1.54, 1.807) is 48.5 Å². The van der Waals surface area contributed by atoms with Crippen molar-refractivity contribution in [1.82, 2.24) is 0 Å². The van der Waals surface area contributed by atoms with E-state index in [2.05, 4.69) is 15.9 Å². The molecule has 1 atom stereocenters. The number of para-hydroxylation sites is 2. The summed E-state index contributed by atoms with van der Waals surface area (Å²) in [4.78, 5) is 13.2. The van der Waals surface area contributed by atoms with Crippen LogP contribution >= 0.6 is 15.9 Å². The van der Waals surface area contributed by atoms with E-state index >= 15 is 0 Å². The Morgan fingerprint density at radius 3 is 2.19 bits per heavy atom. The first-order chi connectivity index (χ1) is 15.0. The van der Waals surface area contributed by atoms with Gasteiger partial charge in [0.15, 0.2) is 5.78 Å². The summed E-state index contributed by atoms with van der Waals surface area (Å²) in [6, 6.07) is 24.6. The number of nitrogens with two attached hydrogens (primary N) is 1. The van der Waals surface area contributed by atoms with E-state index in [-0.39, 0.29) is 5.78 Å². The number of fused-ring (bicyclic) bond motifs is 1. The van der Waals surface area contributed by atoms with Crippen LogP contribution in [0.1, 0.15) is 15.9 Å². The van der Waals surface area contributed by atoms with Gasteiger partial charge in [-0.15, -0.1) is 4.28 Å². The predicted molar refractivity (Wildman–Crippen MR) is 126 cm³/mol. The average Bonchev–Trinajstić information content (AvgIpc) is 2.77. The molecule has 31 heavy (non-hydrogen) atoms. The van der Waals surface area contributed by atoms with Crippen molar-refractivity contribution in [3.8, 4) is 0 Å². The number of benzene rings is 4. The summed E-state index contributed by atoms with van der Waals surface area (Å²) in [6.45, 7) is 0. The number of ketones is 1. The summed E-state index contributed by atoms with van der Waals surface area (Å²) in [5.74, 6) is -0.132. The molecule has 1 unspecified atom stereocenters. The molecule has 0 saturated carbocycles. The number of hydrogen-bond donors (Lipinski definition) is 2. The lowest BCUT2D eigenvalue weighted by Crippen LogP contribution is -2.20. The maximum atomic E-state index is 13.2. The van der Waals surface area contributed by atoms with Crippen LogP contribution in [-0.4, -0.2) is 14.5 Å². The first-order valence-corrected chi connectivity index (χ1v) is 11.0. The SMILES string of the molecule is Nc1ccccc1N(OS(=O)O)c1ccc(C(=O)c2ccc(Br)cc2)c2ccccc12. The van der Waals surface area contributed by atoms with Gasteiger partial charge in [0.1, 0.15) is 0 Å². The molecule has 4 rings (SSSR count). The summed E-state index contributed by atoms with van der Waals surface area (Å²) in [5.41, 5.74) is 8.39. The number of nitrogens with zero attached hydrogens (tertiary/aromatic N) is 1. The molecular formula is C23H17BrN2O4S. The third-order valence-electron chi connectivity index (χ3n) is 4.76. The van der Waals surface area contributed by atoms with Gasteiger partial charge in [-0.05, 0) is 53.9 Å². The first-order valence-electron chi connectivity index (χ1n) is 9.21. The molecule has 0 amide bonds. The molecule has 4 aromatic rings. The summed E-state index contributed by atoms with van der Waals surface area (Å²) in [6.07, 6.45) is 0. The molecule has 0 aliphatic heterocycles. The minimum atomic E-state index is -2.59. The van der Waals surface area contributed by atoms with Crippen molar-refractivity contribution < 1.29 is 17.8 Å². The van der Waals surface area contributed by atoms with Crippen LogP contribution in [-0.2, 0) is 15.6 Å². The van der Waals surface area contributed by atoms with E-state index < -0.39 is 11.4 Å². The maximum Gasteiger partial charge on any atom is 0.325 e. The predicted octanol–water partition coefficient (Wildman–Crippen LogP) is 5.62. The molecule has 0 radical (unpaired) electrons. The molecule has 156 valence electrons. The van der Waals surface area contributed by atoms with Gasteiger partial charge in [0.25, 0.3) is 0 Å². The van der Waals surface area contributed by atoms with Crippen LogP contribution in [0.4, 0.5) is 17.1 Å². The fourth-order valence-corrected chi connectivity index (χ4v) is 3.91. The van der Waals surface area contributed by atoms with Crippen LogP contribution in [0.2, 0.25) is 0 Å². The Kier molecular flexibility index (Phi) is 6.15. The van der Waals surface area contributed by atoms with Gasteiger partial charge in [-0.3, -0.25) is 9.35 Å². The molecule has 0 heterocycles. The highest BCUT2D eigenvalue weighted by Gasteiger charge is 2.21. The number of rotatable bonds is 6. The average molecular weight is 497 g/mol. The Morgan fingerprint density at radius 1 is 0.871 bits per heavy atom. The van der Waals surface area contributed by atoms with Gasteiger partial charge in [-0.2, -0.15) is 4.21 Å². The van der Waals surface area contributed by atoms with Crippen molar-refractivity contribution in [3.05, 3.63) is 101 Å². The van der Waals surface area contributed by atoms with E-state index in [9.17, 15) is 13.6 Å². The highest BCUT2D eigenvalue weighted by molar-refractivity contribution is 9.10. The molecule has 0 fully saturated rings. The van der Waals surface area contributed by atoms with E-state index in [1.165, 1.54) is 5.06 Å². The third-order valence-corrected chi connectivity index (χ3v) is 5.57. The van der Waals surface area contributed by atoms with Crippen molar-refractivity contribution in [2.75, 3.05) is 10.8 Å². The van der Waals surface area contributed by atoms with Gasteiger partial charge in [0.05, 0.1) is 17.1 Å². The topological polar surface area (TPSA) is 92.9 Å². The Hall–Kier alpha value is -3.04. The number of carbonyl (C=O) groups is 1. The molecule has 8 heteroatoms. The third kappa shape index (κ3) is 4.38. The van der Waals surface area contributed by atoms with Crippen molar-refractivity contribution in [2.45, 2.75) is 0 Å². The molecule has 0 aliphatic rings. The number of halogens is 1. The van der Waals surface area contributed by atoms with Crippen LogP contribution in [0.3, 0.4) is 0 Å². The number of hydrogen-bond acceptors (Lipinski definition) is 5. The van der Waals surface area contributed by atoms with E-state index in [1.807, 2.05) is 36.4 Å². The quantitative estimate of drug-likeness (QED) is 0.155. The second-order valence-electron chi connectivity index (χ2n) is 6.66. The van der Waals surface area contributed by atoms with E-state index in [0.717, 1.165) is 4.47 Å². The second-order valence-corrected chi connectivity index (χ2v) is 8.16. The second kappa shape index (κ2) is 8.99. The lowest BCUT2D eigenvalue weighted by atomic mass is 9.96. The van der Waals surface area contributed by atoms with Gasteiger partial charge in [-0.25, -0.2) is 5.06 Å². The van der Waals surface area contributed by atoms with Crippen LogP contribution in [0, 0.1) is 0 Å². The maximum absolute atomic E-state index is 13.2. The zero-order valence-corrected chi connectivity index (χ0v) is 18.5. The molecule has 3 N–H and O–H groups in total. The number of carbonyl (C=O) groups excluding carboxylic acids is 1. The highest BCUT2D eigenvalue weighted by atomic mass is 79.9. The lowest BCUT2D eigenvalue weighted by Gasteiger charge is -2.24. The fraction of sp³-hybridized carbons (Fsp3) is 0. The molecule has 0 saturated heterocycles. The minimum absolute atomic E-state index is 0.132. The zero-order valence-electron chi connectivity index (χ0n) is 16.1. The summed E-state index contributed by atoms with van der Waals surface area (Å²) < 4.78 is 27.1. The van der Waals surface area contributed by atoms with Gasteiger partial charge in [0.2, 0.25) is 0 Å². The molecule has 0 bridgehead atoms. The molecule has 0 aromatic heterocycles. The molecule has 0 spiro atoms. The van der Waals surface area contributed by atoms with Crippen LogP contribution in [0.25, 0.3) is 10.8 Å². The van der Waals surface area contributed by atoms with Crippen LogP contribution < -0.4 is 10.8 Å². The van der Waals surface area contributed by atoms with Gasteiger partial charge in [0, 0.05) is 21.0 Å². The van der Waals surface area contributed by atoms with E-state index in [0.29, 0.717) is 39.0 Å². The Labute approximate surface area is 189 Å². The molecule has 6 nitrogen and oxygen atoms in total. The number of nitrogen functional groups attached to an aromatic ring is 1. The molecule has 4 aromatic carbocycles. The van der Waals surface area contributed by atoms with Crippen molar-refractivity contribution in [3.63, 3.8) is 0 Å². The molecular weight excluding hydrogens is 480 g/mol. The normalized spacial score (nSPS) is 11.9. The van der Waals surface area contributed by atoms with Crippen molar-refractivity contribution in [2.24, 2.45) is 0 Å². The minimum Gasteiger partial charge on any atom is -0.397 e. The Bertz CT molecular complexity index is 1290. The fourth-order valence-electron chi connectivity index (χ4n) is 3.36. The zero-order chi connectivity index (χ0) is 22.0. The lowest BCUT2D eigenvalue weighted by molar-refractivity contribution is 0.104. The van der Waals surface area contributed by atoms with Gasteiger partial charge in [-0.1, -0.05) is 52.3 Å². The van der Waals surface area contributed by atoms with Gasteiger partial charge < -0.3 is 5.73 Å². The summed E-state index contributed by atoms with van der Waals surface area (Å²) >= 11 is 0.782. The monoisotopic (exact) mass is 496 g/mol. The smallest absolute Gasteiger partial charge is 0.325 e. The Balaban J connectivity index is 1.89. The standard InChI is InChI=1S/C23H17BrN2O4S/c24-16-11-9-15(10-12-16)23(27)19-13-14-21(18-6-2-1-5-17(18)19)26(30-31(28)29)22-8-4-3-7-20(22)25/h1-14H,25H2,(H,28,29). The summed E-state index contributed by atoms with van der Waals surface area (Å²) in [7, 11) is 0. The van der Waals surface area contributed by atoms with Crippen molar-refractivity contribution >= 4 is 60.9 Å². The van der Waals surface area contributed by atoms with Gasteiger partial charge >= 0.3 is 11.4 Å². The van der Waals surface area contributed by atoms with E-state index in [4.69, 9.17) is 10.0 Å². The Morgan fingerprint density at radius 2 is 1.52 bits per heavy atom. The first kappa shape index (κ1) is 21.2. The van der Waals surface area contributed by atoms with Crippen LogP contribution in [0.5, 0.6) is 0 Å². The number of anilines is 3. The van der Waals surface area contributed by atoms with Crippen LogP contribution in [0.15, 0.2) is 89.4 Å². The largest absolute Gasteiger partial charge is 0.397 e.